The van der Waals surface area contributed by atoms with Gasteiger partial charge in [-0.05, 0) is 13.0 Å². The van der Waals surface area contributed by atoms with Gasteiger partial charge in [0.1, 0.15) is 5.75 Å². The van der Waals surface area contributed by atoms with Crippen LogP contribution in [-0.4, -0.2) is 22.9 Å². The Hall–Kier alpha value is -1.62. The monoisotopic (exact) mass is 223 g/mol. The zero-order valence-electron chi connectivity index (χ0n) is 8.92. The second-order valence-corrected chi connectivity index (χ2v) is 4.06. The summed E-state index contributed by atoms with van der Waals surface area (Å²) >= 11 is 0. The molecule has 0 spiro atoms. The molecule has 16 heavy (non-hydrogen) atoms. The molecule has 0 aromatic heterocycles. The zero-order valence-corrected chi connectivity index (χ0v) is 8.92. The van der Waals surface area contributed by atoms with E-state index in [4.69, 9.17) is 4.74 Å². The van der Waals surface area contributed by atoms with Gasteiger partial charge in [0.15, 0.2) is 6.29 Å². The number of nitrogens with zero attached hydrogens (tertiary/aromatic N) is 1. The van der Waals surface area contributed by atoms with Crippen molar-refractivity contribution in [2.45, 2.75) is 25.6 Å². The lowest BCUT2D eigenvalue weighted by molar-refractivity contribution is -0.484. The van der Waals surface area contributed by atoms with E-state index in [-0.39, 0.29) is 23.8 Å². The van der Waals surface area contributed by atoms with Gasteiger partial charge >= 0.3 is 0 Å². The molecule has 1 heterocycles. The van der Waals surface area contributed by atoms with Crippen LogP contribution >= 0.6 is 0 Å². The molecule has 0 saturated heterocycles. The smallest absolute Gasteiger partial charge is 0.211 e. The lowest BCUT2D eigenvalue weighted by Crippen LogP contribution is -2.28. The first-order valence-corrected chi connectivity index (χ1v) is 5.13. The van der Waals surface area contributed by atoms with Crippen molar-refractivity contribution < 1.29 is 14.8 Å². The third kappa shape index (κ3) is 2.14. The first-order valence-electron chi connectivity index (χ1n) is 5.13. The van der Waals surface area contributed by atoms with Crippen LogP contribution in [0.15, 0.2) is 18.2 Å². The lowest BCUT2D eigenvalue weighted by atomic mass is 9.91. The summed E-state index contributed by atoms with van der Waals surface area (Å²) in [5, 5.41) is 20.0. The SMILES string of the molecule is Cc1ccc2c(c1)[C@@H](C[N+](=O)[O-])CC(O)O2. The van der Waals surface area contributed by atoms with Crippen LogP contribution < -0.4 is 4.74 Å². The van der Waals surface area contributed by atoms with Gasteiger partial charge in [-0.3, -0.25) is 10.1 Å². The molecule has 0 fully saturated rings. The second-order valence-electron chi connectivity index (χ2n) is 4.06. The highest BCUT2D eigenvalue weighted by atomic mass is 16.6. The normalized spacial score (nSPS) is 23.4. The van der Waals surface area contributed by atoms with Gasteiger partial charge in [-0.2, -0.15) is 0 Å². The molecular formula is C11H13NO4. The van der Waals surface area contributed by atoms with Crippen molar-refractivity contribution >= 4 is 0 Å². The Bertz CT molecular complexity index is 418. The maximum Gasteiger partial charge on any atom is 0.211 e. The van der Waals surface area contributed by atoms with E-state index in [1.165, 1.54) is 0 Å². The lowest BCUT2D eigenvalue weighted by Gasteiger charge is -2.27. The Morgan fingerprint density at radius 1 is 1.62 bits per heavy atom. The van der Waals surface area contributed by atoms with Crippen molar-refractivity contribution in [3.05, 3.63) is 39.4 Å². The zero-order chi connectivity index (χ0) is 11.7. The second kappa shape index (κ2) is 4.09. The summed E-state index contributed by atoms with van der Waals surface area (Å²) < 4.78 is 5.23. The molecule has 1 aromatic carbocycles. The van der Waals surface area contributed by atoms with Gasteiger partial charge in [0, 0.05) is 16.9 Å². The van der Waals surface area contributed by atoms with E-state index in [0.29, 0.717) is 5.75 Å². The van der Waals surface area contributed by atoms with Crippen molar-refractivity contribution in [2.75, 3.05) is 6.54 Å². The summed E-state index contributed by atoms with van der Waals surface area (Å²) in [7, 11) is 0. The molecule has 86 valence electrons. The summed E-state index contributed by atoms with van der Waals surface area (Å²) in [6, 6.07) is 5.50. The van der Waals surface area contributed by atoms with E-state index in [0.717, 1.165) is 11.1 Å². The van der Waals surface area contributed by atoms with Gasteiger partial charge in [-0.25, -0.2) is 0 Å². The van der Waals surface area contributed by atoms with Crippen LogP contribution in [0, 0.1) is 17.0 Å². The fourth-order valence-corrected chi connectivity index (χ4v) is 2.01. The largest absolute Gasteiger partial charge is 0.465 e. The van der Waals surface area contributed by atoms with Crippen LogP contribution in [0.1, 0.15) is 23.5 Å². The van der Waals surface area contributed by atoms with Gasteiger partial charge in [0.05, 0.1) is 5.92 Å². The maximum absolute atomic E-state index is 10.6. The molecule has 0 bridgehead atoms. The summed E-state index contributed by atoms with van der Waals surface area (Å²) in [6.07, 6.45) is -0.669. The predicted molar refractivity (Wildman–Crippen MR) is 57.0 cm³/mol. The number of aliphatic hydroxyl groups is 1. The number of fused-ring (bicyclic) bond motifs is 1. The topological polar surface area (TPSA) is 72.6 Å². The first-order chi connectivity index (χ1) is 7.56. The number of aliphatic hydroxyl groups excluding tert-OH is 1. The van der Waals surface area contributed by atoms with Crippen molar-refractivity contribution in [3.8, 4) is 5.75 Å². The highest BCUT2D eigenvalue weighted by molar-refractivity contribution is 5.41. The van der Waals surface area contributed by atoms with Gasteiger partial charge < -0.3 is 9.84 Å². The van der Waals surface area contributed by atoms with E-state index in [9.17, 15) is 15.2 Å². The van der Waals surface area contributed by atoms with Crippen molar-refractivity contribution in [3.63, 3.8) is 0 Å². The fourth-order valence-electron chi connectivity index (χ4n) is 2.01. The Labute approximate surface area is 92.8 Å². The predicted octanol–water partition coefficient (Wildman–Crippen LogP) is 1.46. The summed E-state index contributed by atoms with van der Waals surface area (Å²) in [5.41, 5.74) is 1.86. The summed E-state index contributed by atoms with van der Waals surface area (Å²) in [5.74, 6) is 0.282. The molecule has 2 atom stereocenters. The van der Waals surface area contributed by atoms with Crippen molar-refractivity contribution in [2.24, 2.45) is 0 Å². The average Bonchev–Trinajstić information content (AvgIpc) is 2.18. The van der Waals surface area contributed by atoms with E-state index in [2.05, 4.69) is 0 Å². The van der Waals surface area contributed by atoms with Crippen LogP contribution in [0.5, 0.6) is 5.75 Å². The number of benzene rings is 1. The minimum atomic E-state index is -0.944. The van der Waals surface area contributed by atoms with Gasteiger partial charge in [0.25, 0.3) is 0 Å². The third-order valence-electron chi connectivity index (χ3n) is 2.72. The van der Waals surface area contributed by atoms with Crippen LogP contribution in [0.2, 0.25) is 0 Å². The number of nitro groups is 1. The number of hydrogen-bond donors (Lipinski definition) is 1. The molecule has 1 N–H and O–H groups in total. The van der Waals surface area contributed by atoms with E-state index < -0.39 is 6.29 Å². The molecule has 1 unspecified atom stereocenters. The van der Waals surface area contributed by atoms with E-state index in [1.54, 1.807) is 6.07 Å². The number of hydrogen-bond acceptors (Lipinski definition) is 4. The van der Waals surface area contributed by atoms with Gasteiger partial charge in [0.2, 0.25) is 6.54 Å². The number of ether oxygens (including phenoxy) is 1. The molecule has 0 amide bonds. The van der Waals surface area contributed by atoms with E-state index >= 15 is 0 Å². The Morgan fingerprint density at radius 3 is 3.06 bits per heavy atom. The van der Waals surface area contributed by atoms with Crippen molar-refractivity contribution in [1.29, 1.82) is 0 Å². The Balaban J connectivity index is 2.35. The van der Waals surface area contributed by atoms with Crippen LogP contribution in [-0.2, 0) is 0 Å². The molecule has 0 aliphatic carbocycles. The molecule has 1 aromatic rings. The Kier molecular flexibility index (Phi) is 2.78. The van der Waals surface area contributed by atoms with Crippen LogP contribution in [0.25, 0.3) is 0 Å². The maximum atomic E-state index is 10.6. The first kappa shape index (κ1) is 10.9. The summed E-state index contributed by atoms with van der Waals surface area (Å²) in [6.45, 7) is 1.76. The standard InChI is InChI=1S/C11H13NO4/c1-7-2-3-10-9(4-7)8(6-12(14)15)5-11(13)16-10/h2-4,8,11,13H,5-6H2,1H3/t8-,11?/m1/s1. The molecule has 2 rings (SSSR count). The molecule has 5 heteroatoms. The minimum Gasteiger partial charge on any atom is -0.465 e. The number of aryl methyl sites for hydroxylation is 1. The van der Waals surface area contributed by atoms with Gasteiger partial charge in [-0.1, -0.05) is 17.7 Å². The fraction of sp³-hybridized carbons (Fsp3) is 0.455. The third-order valence-corrected chi connectivity index (χ3v) is 2.72. The average molecular weight is 223 g/mol. The highest BCUT2D eigenvalue weighted by Gasteiger charge is 2.30. The van der Waals surface area contributed by atoms with Crippen LogP contribution in [0.4, 0.5) is 0 Å². The number of rotatable bonds is 2. The van der Waals surface area contributed by atoms with Gasteiger partial charge in [-0.15, -0.1) is 0 Å². The van der Waals surface area contributed by atoms with E-state index in [1.807, 2.05) is 19.1 Å². The molecule has 1 aliphatic rings. The minimum absolute atomic E-state index is 0.170. The summed E-state index contributed by atoms with van der Waals surface area (Å²) in [4.78, 5) is 10.2. The van der Waals surface area contributed by atoms with Crippen LogP contribution in [0.3, 0.4) is 0 Å². The molecule has 0 saturated carbocycles. The Morgan fingerprint density at radius 2 is 2.38 bits per heavy atom. The highest BCUT2D eigenvalue weighted by Crippen LogP contribution is 2.36. The van der Waals surface area contributed by atoms with Crippen molar-refractivity contribution in [1.82, 2.24) is 0 Å². The molecule has 1 aliphatic heterocycles. The molecule has 0 radical (unpaired) electrons. The molecule has 5 nitrogen and oxygen atoms in total. The quantitative estimate of drug-likeness (QED) is 0.608. The molecular weight excluding hydrogens is 210 g/mol.